The Morgan fingerprint density at radius 2 is 1.82 bits per heavy atom. The highest BCUT2D eigenvalue weighted by Gasteiger charge is 2.19. The molecule has 0 aliphatic carbocycles. The van der Waals surface area contributed by atoms with E-state index in [0.29, 0.717) is 11.8 Å². The number of imidazole rings is 1. The molecule has 0 bridgehead atoms. The van der Waals surface area contributed by atoms with Crippen LogP contribution < -0.4 is 0 Å². The molecule has 5 nitrogen and oxygen atoms in total. The summed E-state index contributed by atoms with van der Waals surface area (Å²) < 4.78 is 8.06. The second-order valence-corrected chi connectivity index (χ2v) is 8.25. The van der Waals surface area contributed by atoms with Gasteiger partial charge in [0.05, 0.1) is 10.9 Å². The summed E-state index contributed by atoms with van der Waals surface area (Å²) in [7, 11) is 0. The molecule has 2 aromatic heterocycles. The Kier molecular flexibility index (Phi) is 5.05. The molecule has 0 aliphatic rings. The van der Waals surface area contributed by atoms with Gasteiger partial charge in [-0.1, -0.05) is 41.6 Å². The molecule has 0 radical (unpaired) electrons. The van der Waals surface area contributed by atoms with Crippen LogP contribution in [0.4, 0.5) is 0 Å². The molecule has 4 rings (SSSR count). The van der Waals surface area contributed by atoms with E-state index in [2.05, 4.69) is 58.7 Å². The van der Waals surface area contributed by atoms with Gasteiger partial charge in [-0.2, -0.15) is 0 Å². The standard InChI is InChI=1S/C22H22N4OS/c1-14-6-5-7-18(12-14)21-25-24-20(27-21)17(4)28-22-23-10-11-26(22)19-13-15(2)8-9-16(19)3/h5-13,17H,1-4H3. The summed E-state index contributed by atoms with van der Waals surface area (Å²) in [5.41, 5.74) is 5.66. The maximum Gasteiger partial charge on any atom is 0.247 e. The van der Waals surface area contributed by atoms with E-state index < -0.39 is 0 Å². The molecular weight excluding hydrogens is 368 g/mol. The summed E-state index contributed by atoms with van der Waals surface area (Å²) >= 11 is 1.61. The maximum atomic E-state index is 5.94. The van der Waals surface area contributed by atoms with Crippen molar-refractivity contribution in [2.75, 3.05) is 0 Å². The normalized spacial score (nSPS) is 12.3. The number of hydrogen-bond acceptors (Lipinski definition) is 5. The van der Waals surface area contributed by atoms with Gasteiger partial charge in [-0.3, -0.25) is 4.57 Å². The quantitative estimate of drug-likeness (QED) is 0.409. The lowest BCUT2D eigenvalue weighted by Crippen LogP contribution is -2.00. The van der Waals surface area contributed by atoms with Crippen molar-refractivity contribution in [3.05, 3.63) is 77.4 Å². The fraction of sp³-hybridized carbons (Fsp3) is 0.227. The average Bonchev–Trinajstić information content (AvgIpc) is 3.33. The number of nitrogens with zero attached hydrogens (tertiary/aromatic N) is 4. The van der Waals surface area contributed by atoms with E-state index in [-0.39, 0.29) is 5.25 Å². The highest BCUT2D eigenvalue weighted by molar-refractivity contribution is 7.99. The Labute approximate surface area is 168 Å². The van der Waals surface area contributed by atoms with Crippen LogP contribution in [-0.4, -0.2) is 19.7 Å². The van der Waals surface area contributed by atoms with Crippen LogP contribution in [0.15, 0.2) is 64.4 Å². The molecule has 2 aromatic carbocycles. The van der Waals surface area contributed by atoms with Gasteiger partial charge in [0.25, 0.3) is 0 Å². The molecule has 0 fully saturated rings. The molecule has 28 heavy (non-hydrogen) atoms. The van der Waals surface area contributed by atoms with Gasteiger partial charge >= 0.3 is 0 Å². The fourth-order valence-corrected chi connectivity index (χ4v) is 3.95. The van der Waals surface area contributed by atoms with E-state index in [1.54, 1.807) is 11.8 Å². The highest BCUT2D eigenvalue weighted by Crippen LogP contribution is 2.35. The summed E-state index contributed by atoms with van der Waals surface area (Å²) in [4.78, 5) is 4.54. The summed E-state index contributed by atoms with van der Waals surface area (Å²) in [5, 5.41) is 9.37. The maximum absolute atomic E-state index is 5.94. The highest BCUT2D eigenvalue weighted by atomic mass is 32.2. The minimum atomic E-state index is -0.0164. The first kappa shape index (κ1) is 18.5. The van der Waals surface area contributed by atoms with Crippen LogP contribution in [0.25, 0.3) is 17.1 Å². The number of aryl methyl sites for hydroxylation is 3. The summed E-state index contributed by atoms with van der Waals surface area (Å²) in [5.74, 6) is 1.14. The van der Waals surface area contributed by atoms with Crippen molar-refractivity contribution in [3.63, 3.8) is 0 Å². The van der Waals surface area contributed by atoms with Gasteiger partial charge in [-0.15, -0.1) is 10.2 Å². The average molecular weight is 391 g/mol. The summed E-state index contributed by atoms with van der Waals surface area (Å²) in [6.45, 7) is 8.31. The third kappa shape index (κ3) is 3.73. The third-order valence-electron chi connectivity index (χ3n) is 4.57. The van der Waals surface area contributed by atoms with E-state index >= 15 is 0 Å². The second-order valence-electron chi connectivity index (χ2n) is 6.94. The molecule has 0 amide bonds. The van der Waals surface area contributed by atoms with Gasteiger partial charge in [-0.05, 0) is 57.0 Å². The number of benzene rings is 2. The zero-order chi connectivity index (χ0) is 19.7. The van der Waals surface area contributed by atoms with Crippen molar-refractivity contribution >= 4 is 11.8 Å². The zero-order valence-electron chi connectivity index (χ0n) is 16.4. The van der Waals surface area contributed by atoms with Crippen molar-refractivity contribution in [3.8, 4) is 17.1 Å². The molecule has 4 aromatic rings. The van der Waals surface area contributed by atoms with Crippen molar-refractivity contribution in [1.82, 2.24) is 19.7 Å². The number of hydrogen-bond donors (Lipinski definition) is 0. The van der Waals surface area contributed by atoms with Crippen LogP contribution >= 0.6 is 11.8 Å². The van der Waals surface area contributed by atoms with Crippen molar-refractivity contribution in [1.29, 1.82) is 0 Å². The smallest absolute Gasteiger partial charge is 0.247 e. The van der Waals surface area contributed by atoms with Gasteiger partial charge in [-0.25, -0.2) is 4.98 Å². The van der Waals surface area contributed by atoms with E-state index in [9.17, 15) is 0 Å². The van der Waals surface area contributed by atoms with Crippen LogP contribution in [0.1, 0.15) is 34.8 Å². The molecule has 1 atom stereocenters. The Morgan fingerprint density at radius 3 is 2.64 bits per heavy atom. The molecule has 0 N–H and O–H groups in total. The Bertz CT molecular complexity index is 1120. The van der Waals surface area contributed by atoms with E-state index in [1.807, 2.05) is 43.6 Å². The van der Waals surface area contributed by atoms with Crippen molar-refractivity contribution < 1.29 is 4.42 Å². The topological polar surface area (TPSA) is 56.7 Å². The summed E-state index contributed by atoms with van der Waals surface area (Å²) in [6, 6.07) is 14.5. The van der Waals surface area contributed by atoms with Gasteiger partial charge in [0.2, 0.25) is 11.8 Å². The second kappa shape index (κ2) is 7.64. The fourth-order valence-electron chi connectivity index (χ4n) is 3.04. The largest absolute Gasteiger partial charge is 0.419 e. The molecule has 6 heteroatoms. The van der Waals surface area contributed by atoms with E-state index in [0.717, 1.165) is 22.0 Å². The van der Waals surface area contributed by atoms with Gasteiger partial charge in [0.1, 0.15) is 0 Å². The first-order chi connectivity index (χ1) is 13.5. The number of thioether (sulfide) groups is 1. The number of aromatic nitrogens is 4. The minimum Gasteiger partial charge on any atom is -0.419 e. The first-order valence-corrected chi connectivity index (χ1v) is 10.1. The lowest BCUT2D eigenvalue weighted by atomic mass is 10.1. The van der Waals surface area contributed by atoms with Crippen molar-refractivity contribution in [2.24, 2.45) is 0 Å². The lowest BCUT2D eigenvalue weighted by molar-refractivity contribution is 0.509. The molecule has 0 aliphatic heterocycles. The van der Waals surface area contributed by atoms with E-state index in [1.165, 1.54) is 11.1 Å². The Balaban J connectivity index is 1.58. The van der Waals surface area contributed by atoms with Crippen molar-refractivity contribution in [2.45, 2.75) is 38.1 Å². The van der Waals surface area contributed by atoms with Gasteiger partial charge in [0.15, 0.2) is 5.16 Å². The predicted molar refractivity (Wildman–Crippen MR) is 112 cm³/mol. The Morgan fingerprint density at radius 1 is 1.00 bits per heavy atom. The minimum absolute atomic E-state index is 0.0164. The monoisotopic (exact) mass is 390 g/mol. The van der Waals surface area contributed by atoms with Crippen LogP contribution in [0.5, 0.6) is 0 Å². The molecule has 2 heterocycles. The first-order valence-electron chi connectivity index (χ1n) is 9.19. The van der Waals surface area contributed by atoms with Crippen LogP contribution in [-0.2, 0) is 0 Å². The molecule has 0 saturated heterocycles. The van der Waals surface area contributed by atoms with Crippen LogP contribution in [0.3, 0.4) is 0 Å². The molecule has 0 saturated carbocycles. The molecule has 142 valence electrons. The van der Waals surface area contributed by atoms with E-state index in [4.69, 9.17) is 4.42 Å². The predicted octanol–water partition coefficient (Wildman–Crippen LogP) is 5.70. The third-order valence-corrected chi connectivity index (χ3v) is 5.63. The zero-order valence-corrected chi connectivity index (χ0v) is 17.2. The van der Waals surface area contributed by atoms with Gasteiger partial charge in [0, 0.05) is 18.0 Å². The molecule has 0 spiro atoms. The van der Waals surface area contributed by atoms with Crippen LogP contribution in [0.2, 0.25) is 0 Å². The molecule has 1 unspecified atom stereocenters. The Hall–Kier alpha value is -2.86. The summed E-state index contributed by atoms with van der Waals surface area (Å²) in [6.07, 6.45) is 3.81. The molecular formula is C22H22N4OS. The van der Waals surface area contributed by atoms with Crippen LogP contribution in [0, 0.1) is 20.8 Å². The number of rotatable bonds is 5. The SMILES string of the molecule is Cc1cccc(-c2nnc(C(C)Sc3nccn3-c3cc(C)ccc3C)o2)c1. The lowest BCUT2D eigenvalue weighted by Gasteiger charge is -2.13. The van der Waals surface area contributed by atoms with Gasteiger partial charge < -0.3 is 4.42 Å².